The fourth-order valence-corrected chi connectivity index (χ4v) is 1.94. The van der Waals surface area contributed by atoms with Gasteiger partial charge < -0.3 is 0 Å². The number of halogens is 1. The topological polar surface area (TPSA) is 30.0 Å². The summed E-state index contributed by atoms with van der Waals surface area (Å²) in [5, 5.41) is 0. The van der Waals surface area contributed by atoms with Crippen molar-refractivity contribution in [2.75, 3.05) is 0 Å². The Bertz CT molecular complexity index is 449. The molecule has 0 bridgehead atoms. The van der Waals surface area contributed by atoms with Crippen molar-refractivity contribution in [2.45, 2.75) is 0 Å². The van der Waals surface area contributed by atoms with E-state index in [2.05, 4.69) is 20.3 Å². The Morgan fingerprint density at radius 2 is 2.00 bits per heavy atom. The summed E-state index contributed by atoms with van der Waals surface area (Å²) in [6.45, 7) is 0. The maximum atomic E-state index is 10.5. The van der Waals surface area contributed by atoms with Gasteiger partial charge >= 0.3 is 0 Å². The van der Waals surface area contributed by atoms with Crippen molar-refractivity contribution in [2.24, 2.45) is 0 Å². The van der Waals surface area contributed by atoms with E-state index in [0.29, 0.717) is 4.88 Å². The third kappa shape index (κ3) is 1.91. The van der Waals surface area contributed by atoms with Crippen LogP contribution in [0.2, 0.25) is 0 Å². The molecule has 1 aromatic carbocycles. The minimum atomic E-state index is 0.655. The van der Waals surface area contributed by atoms with Crippen molar-refractivity contribution in [3.05, 3.63) is 39.7 Å². The third-order valence-electron chi connectivity index (χ3n) is 1.78. The molecule has 0 aliphatic heterocycles. The summed E-state index contributed by atoms with van der Waals surface area (Å²) in [4.78, 5) is 11.1. The van der Waals surface area contributed by atoms with Gasteiger partial charge in [0.2, 0.25) is 0 Å². The molecular formula is C10H6BrNOS. The Hall–Kier alpha value is -1.00. The van der Waals surface area contributed by atoms with Crippen LogP contribution in [0.15, 0.2) is 34.8 Å². The standard InChI is InChI=1S/C10H6BrNOS/c11-8-3-1-7(2-4-8)10-5-9(6-13)14-12-10/h1-6H. The van der Waals surface area contributed by atoms with E-state index in [1.54, 1.807) is 6.07 Å². The first-order valence-corrected chi connectivity index (χ1v) is 5.54. The molecule has 14 heavy (non-hydrogen) atoms. The molecule has 0 unspecified atom stereocenters. The zero-order valence-corrected chi connectivity index (χ0v) is 9.51. The predicted octanol–water partition coefficient (Wildman–Crippen LogP) is 3.39. The van der Waals surface area contributed by atoms with Gasteiger partial charge in [0, 0.05) is 10.0 Å². The van der Waals surface area contributed by atoms with Crippen LogP contribution in [0.3, 0.4) is 0 Å². The summed E-state index contributed by atoms with van der Waals surface area (Å²) in [5.74, 6) is 0. The van der Waals surface area contributed by atoms with Gasteiger partial charge in [-0.1, -0.05) is 28.1 Å². The lowest BCUT2D eigenvalue weighted by Crippen LogP contribution is -1.75. The number of hydrogen-bond donors (Lipinski definition) is 0. The number of carbonyl (C=O) groups is 1. The highest BCUT2D eigenvalue weighted by molar-refractivity contribution is 9.10. The molecule has 0 aliphatic rings. The molecule has 1 aromatic heterocycles. The molecule has 0 N–H and O–H groups in total. The van der Waals surface area contributed by atoms with Gasteiger partial charge in [-0.05, 0) is 29.7 Å². The third-order valence-corrected chi connectivity index (χ3v) is 3.03. The molecule has 0 fully saturated rings. The molecule has 0 spiro atoms. The van der Waals surface area contributed by atoms with Crippen molar-refractivity contribution < 1.29 is 4.79 Å². The first-order chi connectivity index (χ1) is 6.79. The van der Waals surface area contributed by atoms with Gasteiger partial charge in [0.05, 0.1) is 10.6 Å². The summed E-state index contributed by atoms with van der Waals surface area (Å²) in [5.41, 5.74) is 1.88. The largest absolute Gasteiger partial charge is 0.297 e. The Labute approximate surface area is 93.9 Å². The van der Waals surface area contributed by atoms with Crippen molar-refractivity contribution in [1.82, 2.24) is 4.37 Å². The van der Waals surface area contributed by atoms with Crippen molar-refractivity contribution >= 4 is 33.7 Å². The molecule has 2 rings (SSSR count). The SMILES string of the molecule is O=Cc1cc(-c2ccc(Br)cc2)ns1. The second kappa shape index (κ2) is 4.02. The van der Waals surface area contributed by atoms with Crippen LogP contribution in [-0.4, -0.2) is 10.7 Å². The van der Waals surface area contributed by atoms with Gasteiger partial charge in [-0.3, -0.25) is 4.79 Å². The normalized spacial score (nSPS) is 10.1. The average molecular weight is 268 g/mol. The molecule has 0 atom stereocenters. The summed E-state index contributed by atoms with van der Waals surface area (Å²) in [7, 11) is 0. The smallest absolute Gasteiger partial charge is 0.161 e. The van der Waals surface area contributed by atoms with Crippen molar-refractivity contribution in [3.8, 4) is 11.3 Å². The molecule has 0 amide bonds. The number of hydrogen-bond acceptors (Lipinski definition) is 3. The van der Waals surface area contributed by atoms with Gasteiger partial charge in [-0.15, -0.1) is 0 Å². The molecule has 70 valence electrons. The van der Waals surface area contributed by atoms with E-state index in [-0.39, 0.29) is 0 Å². The second-order valence-corrected chi connectivity index (χ2v) is 4.49. The van der Waals surface area contributed by atoms with Crippen molar-refractivity contribution in [3.63, 3.8) is 0 Å². The molecular weight excluding hydrogens is 262 g/mol. The summed E-state index contributed by atoms with van der Waals surface area (Å²) in [6.07, 6.45) is 0.819. The second-order valence-electron chi connectivity index (χ2n) is 2.74. The van der Waals surface area contributed by atoms with Gasteiger partial charge in [0.25, 0.3) is 0 Å². The molecule has 2 nitrogen and oxygen atoms in total. The molecule has 0 aliphatic carbocycles. The number of aromatic nitrogens is 1. The average Bonchev–Trinajstić information content (AvgIpc) is 2.67. The van der Waals surface area contributed by atoms with E-state index in [1.807, 2.05) is 24.3 Å². The minimum Gasteiger partial charge on any atom is -0.297 e. The fraction of sp³-hybridized carbons (Fsp3) is 0. The Morgan fingerprint density at radius 3 is 2.57 bits per heavy atom. The lowest BCUT2D eigenvalue weighted by Gasteiger charge is -1.95. The lowest BCUT2D eigenvalue weighted by molar-refractivity contribution is 0.112. The van der Waals surface area contributed by atoms with Gasteiger partial charge in [-0.2, -0.15) is 4.37 Å². The van der Waals surface area contributed by atoms with Crippen LogP contribution in [-0.2, 0) is 0 Å². The predicted molar refractivity (Wildman–Crippen MR) is 60.6 cm³/mol. The van der Waals surface area contributed by atoms with Crippen LogP contribution >= 0.6 is 27.5 Å². The highest BCUT2D eigenvalue weighted by Crippen LogP contribution is 2.22. The van der Waals surface area contributed by atoms with E-state index in [9.17, 15) is 4.79 Å². The Kier molecular flexibility index (Phi) is 2.74. The van der Waals surface area contributed by atoms with E-state index >= 15 is 0 Å². The fourth-order valence-electron chi connectivity index (χ4n) is 1.10. The number of nitrogens with zero attached hydrogens (tertiary/aromatic N) is 1. The van der Waals surface area contributed by atoms with Crippen LogP contribution in [0.5, 0.6) is 0 Å². The van der Waals surface area contributed by atoms with Crippen LogP contribution in [0.4, 0.5) is 0 Å². The number of aldehydes is 1. The number of benzene rings is 1. The first-order valence-electron chi connectivity index (χ1n) is 3.97. The molecule has 0 radical (unpaired) electrons. The van der Waals surface area contributed by atoms with Gasteiger partial charge in [-0.25, -0.2) is 0 Å². The summed E-state index contributed by atoms with van der Waals surface area (Å²) < 4.78 is 5.22. The van der Waals surface area contributed by atoms with Crippen LogP contribution < -0.4 is 0 Å². The maximum Gasteiger partial charge on any atom is 0.161 e. The number of rotatable bonds is 2. The zero-order valence-electron chi connectivity index (χ0n) is 7.11. The first kappa shape index (κ1) is 9.55. The highest BCUT2D eigenvalue weighted by atomic mass is 79.9. The minimum absolute atomic E-state index is 0.655. The molecule has 4 heteroatoms. The quantitative estimate of drug-likeness (QED) is 0.781. The maximum absolute atomic E-state index is 10.5. The van der Waals surface area contributed by atoms with Crippen molar-refractivity contribution in [1.29, 1.82) is 0 Å². The summed E-state index contributed by atoms with van der Waals surface area (Å²) in [6, 6.07) is 9.63. The monoisotopic (exact) mass is 267 g/mol. The van der Waals surface area contributed by atoms with E-state index < -0.39 is 0 Å². The molecule has 0 saturated carbocycles. The van der Waals surface area contributed by atoms with E-state index in [4.69, 9.17) is 0 Å². The molecule has 1 heterocycles. The van der Waals surface area contributed by atoms with Crippen LogP contribution in [0, 0.1) is 0 Å². The van der Waals surface area contributed by atoms with E-state index in [1.165, 1.54) is 11.5 Å². The zero-order chi connectivity index (χ0) is 9.97. The number of carbonyl (C=O) groups excluding carboxylic acids is 1. The Morgan fingerprint density at radius 1 is 1.29 bits per heavy atom. The van der Waals surface area contributed by atoms with Gasteiger partial charge in [0.15, 0.2) is 6.29 Å². The Balaban J connectivity index is 2.39. The summed E-state index contributed by atoms with van der Waals surface area (Å²) >= 11 is 4.58. The molecule has 2 aromatic rings. The lowest BCUT2D eigenvalue weighted by atomic mass is 10.1. The molecule has 0 saturated heterocycles. The highest BCUT2D eigenvalue weighted by Gasteiger charge is 2.02. The van der Waals surface area contributed by atoms with E-state index in [0.717, 1.165) is 22.0 Å². The van der Waals surface area contributed by atoms with Crippen LogP contribution in [0.1, 0.15) is 9.67 Å². The van der Waals surface area contributed by atoms with Gasteiger partial charge in [0.1, 0.15) is 0 Å². The van der Waals surface area contributed by atoms with Crippen LogP contribution in [0.25, 0.3) is 11.3 Å².